The van der Waals surface area contributed by atoms with Gasteiger partial charge in [-0.15, -0.1) is 0 Å². The van der Waals surface area contributed by atoms with E-state index in [1.807, 2.05) is 63.8 Å². The van der Waals surface area contributed by atoms with Gasteiger partial charge < -0.3 is 15.5 Å². The Kier molecular flexibility index (Phi) is 6.54. The van der Waals surface area contributed by atoms with Gasteiger partial charge in [-0.05, 0) is 43.5 Å². The number of anilines is 3. The van der Waals surface area contributed by atoms with E-state index in [4.69, 9.17) is 4.98 Å². The van der Waals surface area contributed by atoms with E-state index >= 15 is 0 Å². The molecule has 2 saturated heterocycles. The van der Waals surface area contributed by atoms with Crippen molar-refractivity contribution in [2.24, 2.45) is 12.5 Å². The van der Waals surface area contributed by atoms with Gasteiger partial charge in [-0.1, -0.05) is 13.8 Å². The highest BCUT2D eigenvalue weighted by Crippen LogP contribution is 2.40. The van der Waals surface area contributed by atoms with E-state index in [-0.39, 0.29) is 11.3 Å². The number of amides is 1. The molecule has 2 aliphatic rings. The summed E-state index contributed by atoms with van der Waals surface area (Å²) in [6.07, 6.45) is 9.99. The van der Waals surface area contributed by atoms with E-state index < -0.39 is 0 Å². The molecule has 0 unspecified atom stereocenters. The summed E-state index contributed by atoms with van der Waals surface area (Å²) in [6.45, 7) is 6.41. The Morgan fingerprint density at radius 3 is 2.58 bits per heavy atom. The van der Waals surface area contributed by atoms with Crippen LogP contribution in [0.15, 0.2) is 55.1 Å². The lowest BCUT2D eigenvalue weighted by Gasteiger charge is -2.38. The lowest BCUT2D eigenvalue weighted by Crippen LogP contribution is -2.44. The van der Waals surface area contributed by atoms with Gasteiger partial charge in [-0.3, -0.25) is 14.5 Å². The van der Waals surface area contributed by atoms with E-state index in [1.54, 1.807) is 10.9 Å². The van der Waals surface area contributed by atoms with E-state index in [0.29, 0.717) is 5.82 Å². The molecule has 2 fully saturated rings. The lowest BCUT2D eigenvalue weighted by molar-refractivity contribution is -0.128. The minimum atomic E-state index is -0.206. The summed E-state index contributed by atoms with van der Waals surface area (Å²) < 4.78 is 1.74. The largest absolute Gasteiger partial charge is 0.356 e. The predicted molar refractivity (Wildman–Crippen MR) is 142 cm³/mol. The summed E-state index contributed by atoms with van der Waals surface area (Å²) in [6, 6.07) is 9.94. The van der Waals surface area contributed by atoms with Crippen molar-refractivity contribution in [3.05, 3.63) is 55.1 Å². The maximum absolute atomic E-state index is 12.4. The van der Waals surface area contributed by atoms with Crippen molar-refractivity contribution in [2.45, 2.75) is 33.1 Å². The van der Waals surface area contributed by atoms with Crippen molar-refractivity contribution in [3.8, 4) is 11.3 Å². The predicted octanol–water partition coefficient (Wildman–Crippen LogP) is 4.30. The van der Waals surface area contributed by atoms with Crippen LogP contribution in [0.3, 0.4) is 0 Å². The molecular weight excluding hydrogens is 452 g/mol. The van der Waals surface area contributed by atoms with Gasteiger partial charge in [0.1, 0.15) is 11.6 Å². The fourth-order valence-electron chi connectivity index (χ4n) is 5.08. The van der Waals surface area contributed by atoms with Gasteiger partial charge in [0.15, 0.2) is 5.82 Å². The molecule has 4 aromatic rings. The minimum absolute atomic E-state index is 0.206. The second-order valence-corrected chi connectivity index (χ2v) is 9.13. The van der Waals surface area contributed by atoms with Crippen molar-refractivity contribution in [3.63, 3.8) is 0 Å². The summed E-state index contributed by atoms with van der Waals surface area (Å²) in [5.41, 5.74) is 1.62. The first-order chi connectivity index (χ1) is 17.6. The summed E-state index contributed by atoms with van der Waals surface area (Å²) in [7, 11) is 1.88. The zero-order valence-electron chi connectivity index (χ0n) is 21.0. The van der Waals surface area contributed by atoms with Crippen LogP contribution in [0.4, 0.5) is 17.5 Å². The number of nitrogens with zero attached hydrogens (tertiary/aromatic N) is 6. The Hall–Kier alpha value is -4.01. The van der Waals surface area contributed by atoms with Gasteiger partial charge in [0, 0.05) is 73.9 Å². The fourth-order valence-corrected chi connectivity index (χ4v) is 5.08. The van der Waals surface area contributed by atoms with Crippen molar-refractivity contribution in [1.29, 1.82) is 0 Å². The van der Waals surface area contributed by atoms with Gasteiger partial charge in [0.25, 0.3) is 0 Å². The van der Waals surface area contributed by atoms with Gasteiger partial charge in [0.05, 0.1) is 11.1 Å². The van der Waals surface area contributed by atoms with Gasteiger partial charge in [0.2, 0.25) is 5.91 Å². The number of nitrogens with one attached hydrogen (secondary N) is 2. The SMILES string of the molecule is CC.Cn1ccc(Nc2cc(-c3cc4cnccc4c(N4CCC5(CCNC5=O)CC4)n3)ccn2)n1. The molecule has 4 aromatic heterocycles. The molecule has 1 spiro atoms. The number of hydrogen-bond donors (Lipinski definition) is 2. The molecular formula is C27H32N8O. The summed E-state index contributed by atoms with van der Waals surface area (Å²) in [5.74, 6) is 2.60. The molecule has 0 saturated carbocycles. The molecule has 0 atom stereocenters. The van der Waals surface area contributed by atoms with Crippen LogP contribution in [0.1, 0.15) is 33.1 Å². The topological polar surface area (TPSA) is 101 Å². The molecule has 9 nitrogen and oxygen atoms in total. The van der Waals surface area contributed by atoms with Crippen molar-refractivity contribution < 1.29 is 4.79 Å². The number of aryl methyl sites for hydroxylation is 1. The first-order valence-electron chi connectivity index (χ1n) is 12.6. The van der Waals surface area contributed by atoms with E-state index in [0.717, 1.165) is 72.6 Å². The summed E-state index contributed by atoms with van der Waals surface area (Å²) >= 11 is 0. The van der Waals surface area contributed by atoms with Crippen LogP contribution in [0.25, 0.3) is 22.0 Å². The number of carbonyl (C=O) groups excluding carboxylic acids is 1. The molecule has 6 heterocycles. The van der Waals surface area contributed by atoms with Gasteiger partial charge in [-0.25, -0.2) is 9.97 Å². The quantitative estimate of drug-likeness (QED) is 0.445. The maximum atomic E-state index is 12.4. The number of hydrogen-bond acceptors (Lipinski definition) is 7. The average molecular weight is 485 g/mol. The highest BCUT2D eigenvalue weighted by Gasteiger charge is 2.44. The van der Waals surface area contributed by atoms with E-state index in [1.165, 1.54) is 0 Å². The van der Waals surface area contributed by atoms with Crippen molar-refractivity contribution in [1.82, 2.24) is 30.0 Å². The molecule has 0 aromatic carbocycles. The van der Waals surface area contributed by atoms with Crippen LogP contribution >= 0.6 is 0 Å². The molecule has 186 valence electrons. The molecule has 0 bridgehead atoms. The van der Waals surface area contributed by atoms with Gasteiger partial charge in [-0.2, -0.15) is 5.10 Å². The lowest BCUT2D eigenvalue weighted by atomic mass is 9.77. The van der Waals surface area contributed by atoms with Crippen molar-refractivity contribution in [2.75, 3.05) is 29.9 Å². The standard InChI is InChI=1S/C25H26N8O.C2H6/c1-32-11-4-21(31-32)30-22-15-17(2-9-27-22)20-14-18-16-26-8-3-19(18)23(29-20)33-12-6-25(7-13-33)5-10-28-24(25)34;1-2/h2-4,8-9,11,14-16H,5-7,10,12-13H2,1H3,(H,28,34)(H,27,30,31);1-2H3. The number of pyridine rings is 3. The third-order valence-corrected chi connectivity index (χ3v) is 7.03. The molecule has 36 heavy (non-hydrogen) atoms. The Morgan fingerprint density at radius 2 is 1.86 bits per heavy atom. The Bertz CT molecular complexity index is 1370. The van der Waals surface area contributed by atoms with Crippen LogP contribution in [-0.4, -0.2) is 50.3 Å². The first kappa shape index (κ1) is 23.7. The zero-order chi connectivity index (χ0) is 25.1. The Balaban J connectivity index is 0.00000130. The number of carbonyl (C=O) groups is 1. The maximum Gasteiger partial charge on any atom is 0.226 e. The molecule has 0 radical (unpaired) electrons. The second kappa shape index (κ2) is 9.93. The highest BCUT2D eigenvalue weighted by atomic mass is 16.2. The molecule has 1 amide bonds. The molecule has 0 aliphatic carbocycles. The molecule has 2 N–H and O–H groups in total. The van der Waals surface area contributed by atoms with Crippen LogP contribution in [0.2, 0.25) is 0 Å². The number of piperidine rings is 1. The monoisotopic (exact) mass is 484 g/mol. The number of rotatable bonds is 4. The minimum Gasteiger partial charge on any atom is -0.356 e. The number of fused-ring (bicyclic) bond motifs is 1. The Morgan fingerprint density at radius 1 is 1.03 bits per heavy atom. The van der Waals surface area contributed by atoms with E-state index in [9.17, 15) is 4.79 Å². The third-order valence-electron chi connectivity index (χ3n) is 7.03. The molecule has 9 heteroatoms. The van der Waals surface area contributed by atoms with Crippen LogP contribution < -0.4 is 15.5 Å². The number of aromatic nitrogens is 5. The Labute approximate surface area is 211 Å². The van der Waals surface area contributed by atoms with Crippen molar-refractivity contribution >= 4 is 34.1 Å². The average Bonchev–Trinajstić information content (AvgIpc) is 3.49. The fraction of sp³-hybridized carbons (Fsp3) is 0.370. The molecule has 6 rings (SSSR count). The summed E-state index contributed by atoms with van der Waals surface area (Å²) in [4.78, 5) is 28.6. The van der Waals surface area contributed by atoms with Crippen LogP contribution in [0, 0.1) is 5.41 Å². The summed E-state index contributed by atoms with van der Waals surface area (Å²) in [5, 5.41) is 12.8. The third kappa shape index (κ3) is 4.48. The first-order valence-corrected chi connectivity index (χ1v) is 12.6. The van der Waals surface area contributed by atoms with Gasteiger partial charge >= 0.3 is 0 Å². The van der Waals surface area contributed by atoms with E-state index in [2.05, 4.69) is 36.7 Å². The van der Waals surface area contributed by atoms with Crippen LogP contribution in [-0.2, 0) is 11.8 Å². The zero-order valence-corrected chi connectivity index (χ0v) is 21.0. The normalized spacial score (nSPS) is 16.5. The molecule has 2 aliphatic heterocycles. The highest BCUT2D eigenvalue weighted by molar-refractivity contribution is 5.94. The second-order valence-electron chi connectivity index (χ2n) is 9.13. The van der Waals surface area contributed by atoms with Crippen LogP contribution in [0.5, 0.6) is 0 Å². The smallest absolute Gasteiger partial charge is 0.226 e.